The summed E-state index contributed by atoms with van der Waals surface area (Å²) in [6.45, 7) is 6.66. The van der Waals surface area contributed by atoms with E-state index in [2.05, 4.69) is 29.3 Å². The van der Waals surface area contributed by atoms with Crippen LogP contribution in [0, 0.1) is 5.92 Å². The number of nitrogens with one attached hydrogen (secondary N) is 1. The lowest BCUT2D eigenvalue weighted by Gasteiger charge is -2.33. The van der Waals surface area contributed by atoms with Crippen LogP contribution in [0.3, 0.4) is 0 Å². The SMILES string of the molecule is CCN1CCc2c(COC)cc(N3CCc4c(C(=O)NCC5CC5)nn(-c5cccc(Cl)c5)c4C3=O)cc2C1. The fraction of sp³-hybridized carbons (Fsp3) is 0.433. The van der Waals surface area contributed by atoms with E-state index in [0.29, 0.717) is 59.7 Å². The Hall–Kier alpha value is -3.20. The first-order chi connectivity index (χ1) is 19.0. The van der Waals surface area contributed by atoms with Crippen LogP contribution in [0.25, 0.3) is 5.69 Å². The number of benzene rings is 2. The van der Waals surface area contributed by atoms with Crippen molar-refractivity contribution in [2.75, 3.05) is 38.2 Å². The third kappa shape index (κ3) is 5.09. The van der Waals surface area contributed by atoms with Crippen LogP contribution >= 0.6 is 11.6 Å². The lowest BCUT2D eigenvalue weighted by molar-refractivity contribution is 0.0945. The molecule has 1 aromatic heterocycles. The van der Waals surface area contributed by atoms with Gasteiger partial charge in [0.15, 0.2) is 5.69 Å². The number of ether oxygens (including phenoxy) is 1. The fourth-order valence-corrected chi connectivity index (χ4v) is 5.95. The lowest BCUT2D eigenvalue weighted by atomic mass is 9.93. The first-order valence-corrected chi connectivity index (χ1v) is 14.2. The number of nitrogens with zero attached hydrogens (tertiary/aromatic N) is 4. The summed E-state index contributed by atoms with van der Waals surface area (Å²) in [6.07, 6.45) is 3.79. The second kappa shape index (κ2) is 10.8. The van der Waals surface area contributed by atoms with Crippen molar-refractivity contribution < 1.29 is 14.3 Å². The van der Waals surface area contributed by atoms with E-state index in [-0.39, 0.29) is 11.8 Å². The number of amides is 2. The van der Waals surface area contributed by atoms with Crippen molar-refractivity contribution in [1.29, 1.82) is 0 Å². The van der Waals surface area contributed by atoms with Gasteiger partial charge in [0, 0.05) is 49.6 Å². The number of fused-ring (bicyclic) bond motifs is 2. The zero-order valence-electron chi connectivity index (χ0n) is 22.5. The predicted octanol–water partition coefficient (Wildman–Crippen LogP) is 4.39. The topological polar surface area (TPSA) is 79.7 Å². The van der Waals surface area contributed by atoms with Gasteiger partial charge in [0.2, 0.25) is 0 Å². The minimum atomic E-state index is -0.226. The number of aromatic nitrogens is 2. The van der Waals surface area contributed by atoms with Crippen LogP contribution in [0.2, 0.25) is 5.02 Å². The Morgan fingerprint density at radius 1 is 1.13 bits per heavy atom. The number of carbonyl (C=O) groups excluding carboxylic acids is 2. The van der Waals surface area contributed by atoms with Gasteiger partial charge < -0.3 is 15.0 Å². The third-order valence-electron chi connectivity index (χ3n) is 8.08. The maximum absolute atomic E-state index is 14.2. The Kier molecular flexibility index (Phi) is 7.18. The van der Waals surface area contributed by atoms with E-state index in [1.165, 1.54) is 11.1 Å². The molecule has 1 saturated carbocycles. The Labute approximate surface area is 233 Å². The summed E-state index contributed by atoms with van der Waals surface area (Å²) in [7, 11) is 1.71. The van der Waals surface area contributed by atoms with Crippen LogP contribution in [0.15, 0.2) is 36.4 Å². The van der Waals surface area contributed by atoms with E-state index < -0.39 is 0 Å². The van der Waals surface area contributed by atoms with Crippen molar-refractivity contribution in [3.63, 3.8) is 0 Å². The predicted molar refractivity (Wildman–Crippen MR) is 151 cm³/mol. The molecule has 9 heteroatoms. The Morgan fingerprint density at radius 2 is 1.95 bits per heavy atom. The average molecular weight is 548 g/mol. The van der Waals surface area contributed by atoms with Gasteiger partial charge in [0.1, 0.15) is 5.69 Å². The maximum atomic E-state index is 14.2. The minimum absolute atomic E-state index is 0.170. The van der Waals surface area contributed by atoms with E-state index in [0.717, 1.165) is 50.1 Å². The minimum Gasteiger partial charge on any atom is -0.380 e. The zero-order chi connectivity index (χ0) is 27.1. The molecule has 1 N–H and O–H groups in total. The molecule has 204 valence electrons. The standard InChI is InChI=1S/C30H34ClN5O3/c1-3-34-11-9-25-20(17-34)13-24(14-21(25)18-39-2)35-12-10-26-27(29(37)32-16-19-7-8-19)33-36(28(26)30(35)38)23-6-4-5-22(31)15-23/h4-6,13-15,19H,3,7-12,16-18H2,1-2H3,(H,32,37). The zero-order valence-corrected chi connectivity index (χ0v) is 23.3. The summed E-state index contributed by atoms with van der Waals surface area (Å²) >= 11 is 6.31. The molecule has 0 saturated heterocycles. The van der Waals surface area contributed by atoms with Gasteiger partial charge in [-0.3, -0.25) is 14.5 Å². The van der Waals surface area contributed by atoms with E-state index in [4.69, 9.17) is 21.4 Å². The van der Waals surface area contributed by atoms with Crippen LogP contribution in [-0.2, 0) is 30.7 Å². The molecule has 1 fully saturated rings. The van der Waals surface area contributed by atoms with Gasteiger partial charge in [-0.15, -0.1) is 0 Å². The monoisotopic (exact) mass is 547 g/mol. The molecule has 2 amide bonds. The molecule has 0 spiro atoms. The third-order valence-corrected chi connectivity index (χ3v) is 8.32. The van der Waals surface area contributed by atoms with Gasteiger partial charge in [-0.1, -0.05) is 24.6 Å². The number of carbonyl (C=O) groups is 2. The first kappa shape index (κ1) is 26.0. The van der Waals surface area contributed by atoms with Crippen molar-refractivity contribution in [2.24, 2.45) is 5.92 Å². The molecular weight excluding hydrogens is 514 g/mol. The fourth-order valence-electron chi connectivity index (χ4n) is 5.77. The van der Waals surface area contributed by atoms with Crippen molar-refractivity contribution in [2.45, 2.75) is 45.8 Å². The van der Waals surface area contributed by atoms with Crippen molar-refractivity contribution >= 4 is 29.1 Å². The molecule has 1 aliphatic carbocycles. The highest BCUT2D eigenvalue weighted by Crippen LogP contribution is 2.34. The highest BCUT2D eigenvalue weighted by Gasteiger charge is 2.36. The summed E-state index contributed by atoms with van der Waals surface area (Å²) in [4.78, 5) is 31.7. The smallest absolute Gasteiger partial charge is 0.277 e. The molecule has 2 aromatic carbocycles. The lowest BCUT2D eigenvalue weighted by Crippen LogP contribution is -2.40. The molecule has 3 heterocycles. The number of likely N-dealkylation sites (N-methyl/N-ethyl adjacent to an activating group) is 1. The number of halogens is 1. The normalized spacial score (nSPS) is 17.2. The highest BCUT2D eigenvalue weighted by molar-refractivity contribution is 6.30. The average Bonchev–Trinajstić information content (AvgIpc) is 3.69. The number of anilines is 1. The molecule has 6 rings (SSSR count). The number of methoxy groups -OCH3 is 1. The Balaban J connectivity index is 1.41. The molecule has 0 atom stereocenters. The summed E-state index contributed by atoms with van der Waals surface area (Å²) < 4.78 is 7.14. The summed E-state index contributed by atoms with van der Waals surface area (Å²) in [6, 6.07) is 11.5. The van der Waals surface area contributed by atoms with Crippen LogP contribution in [0.1, 0.15) is 63.0 Å². The molecule has 39 heavy (non-hydrogen) atoms. The molecule has 0 bridgehead atoms. The van der Waals surface area contributed by atoms with Gasteiger partial charge in [-0.2, -0.15) is 5.10 Å². The second-order valence-electron chi connectivity index (χ2n) is 10.7. The highest BCUT2D eigenvalue weighted by atomic mass is 35.5. The van der Waals surface area contributed by atoms with Crippen LogP contribution in [-0.4, -0.2) is 59.8 Å². The number of rotatable bonds is 8. The van der Waals surface area contributed by atoms with E-state index in [1.807, 2.05) is 17.0 Å². The second-order valence-corrected chi connectivity index (χ2v) is 11.2. The van der Waals surface area contributed by atoms with Crippen molar-refractivity contribution in [3.05, 3.63) is 75.1 Å². The van der Waals surface area contributed by atoms with Gasteiger partial charge in [0.25, 0.3) is 11.8 Å². The summed E-state index contributed by atoms with van der Waals surface area (Å²) in [5, 5.41) is 8.25. The van der Waals surface area contributed by atoms with Gasteiger partial charge in [0.05, 0.1) is 12.3 Å². The van der Waals surface area contributed by atoms with E-state index >= 15 is 0 Å². The van der Waals surface area contributed by atoms with Gasteiger partial charge >= 0.3 is 0 Å². The van der Waals surface area contributed by atoms with Crippen molar-refractivity contribution in [1.82, 2.24) is 20.0 Å². The van der Waals surface area contributed by atoms with E-state index in [1.54, 1.807) is 23.9 Å². The van der Waals surface area contributed by atoms with Gasteiger partial charge in [-0.25, -0.2) is 4.68 Å². The van der Waals surface area contributed by atoms with Crippen LogP contribution in [0.5, 0.6) is 0 Å². The molecule has 3 aromatic rings. The summed E-state index contributed by atoms with van der Waals surface area (Å²) in [5.41, 5.74) is 6.64. The quantitative estimate of drug-likeness (QED) is 0.452. The van der Waals surface area contributed by atoms with E-state index in [9.17, 15) is 9.59 Å². The molecule has 0 unspecified atom stereocenters. The molecule has 3 aliphatic rings. The molecule has 8 nitrogen and oxygen atoms in total. The Bertz CT molecular complexity index is 1430. The largest absolute Gasteiger partial charge is 0.380 e. The van der Waals surface area contributed by atoms with Gasteiger partial charge in [-0.05, 0) is 85.2 Å². The number of hydrogen-bond acceptors (Lipinski definition) is 5. The molecular formula is C30H34ClN5O3. The maximum Gasteiger partial charge on any atom is 0.277 e. The van der Waals surface area contributed by atoms with Crippen LogP contribution in [0.4, 0.5) is 5.69 Å². The Morgan fingerprint density at radius 3 is 2.69 bits per heavy atom. The molecule has 2 aliphatic heterocycles. The van der Waals surface area contributed by atoms with Crippen LogP contribution < -0.4 is 10.2 Å². The molecule has 0 radical (unpaired) electrons. The first-order valence-electron chi connectivity index (χ1n) is 13.8. The van der Waals surface area contributed by atoms with Crippen molar-refractivity contribution in [3.8, 4) is 5.69 Å². The number of hydrogen-bond donors (Lipinski definition) is 1. The summed E-state index contributed by atoms with van der Waals surface area (Å²) in [5.74, 6) is 0.151.